The maximum absolute atomic E-state index is 5.33. The minimum atomic E-state index is -0.373. The Morgan fingerprint density at radius 3 is 1.92 bits per heavy atom. The smallest absolute Gasteiger partial charge is 0.189 e. The fourth-order valence-electron chi connectivity index (χ4n) is 1.52. The maximum atomic E-state index is 5.33. The van der Waals surface area contributed by atoms with E-state index in [2.05, 4.69) is 0 Å². The lowest BCUT2D eigenvalue weighted by Crippen LogP contribution is -2.30. The quantitative estimate of drug-likeness (QED) is 0.578. The number of rotatable bonds is 2. The van der Waals surface area contributed by atoms with Crippen LogP contribution in [0.1, 0.15) is 0 Å². The van der Waals surface area contributed by atoms with Gasteiger partial charge in [-0.15, -0.1) is 0 Å². The van der Waals surface area contributed by atoms with Crippen molar-refractivity contribution in [2.75, 3.05) is 21.0 Å². The van der Waals surface area contributed by atoms with Gasteiger partial charge in [0.25, 0.3) is 0 Å². The van der Waals surface area contributed by atoms with Crippen LogP contribution in [0, 0.1) is 0 Å². The first-order chi connectivity index (χ1) is 5.86. The molecule has 2 rings (SSSR count). The average Bonchev–Trinajstić information content (AvgIpc) is 2.63. The Labute approximate surface area is 70.5 Å². The highest BCUT2D eigenvalue weighted by Gasteiger charge is 2.50. The van der Waals surface area contributed by atoms with E-state index in [1.807, 2.05) is 0 Å². The van der Waals surface area contributed by atoms with Crippen molar-refractivity contribution >= 4 is 0 Å². The summed E-state index contributed by atoms with van der Waals surface area (Å²) in [5, 5.41) is 0. The number of hydrogen-bond acceptors (Lipinski definition) is 5. The van der Waals surface area contributed by atoms with Crippen LogP contribution in [0.4, 0.5) is 0 Å². The van der Waals surface area contributed by atoms with Gasteiger partial charge in [0.15, 0.2) is 12.6 Å². The molecule has 2 aliphatic rings. The van der Waals surface area contributed by atoms with E-state index in [0.717, 1.165) is 0 Å². The van der Waals surface area contributed by atoms with Crippen molar-refractivity contribution in [1.82, 2.24) is 0 Å². The average molecular weight is 176 g/mol. The van der Waals surface area contributed by atoms with E-state index >= 15 is 0 Å². The zero-order chi connectivity index (χ0) is 8.55. The summed E-state index contributed by atoms with van der Waals surface area (Å²) in [6, 6.07) is 0. The third-order valence-corrected chi connectivity index (χ3v) is 2.11. The van der Waals surface area contributed by atoms with Crippen LogP contribution in [-0.4, -0.2) is 45.8 Å². The number of hydrogen-bond donors (Lipinski definition) is 0. The second-order valence-corrected chi connectivity index (χ2v) is 2.72. The van der Waals surface area contributed by atoms with Crippen LogP contribution in [0.5, 0.6) is 0 Å². The molecule has 2 heterocycles. The Morgan fingerprint density at radius 1 is 1.00 bits per heavy atom. The van der Waals surface area contributed by atoms with Gasteiger partial charge in [-0.1, -0.05) is 0 Å². The molecule has 2 fully saturated rings. The molecule has 0 aromatic rings. The molecule has 4 atom stereocenters. The monoisotopic (exact) mass is 176 g/mol. The summed E-state index contributed by atoms with van der Waals surface area (Å²) < 4.78 is 26.0. The number of fused-ring (bicyclic) bond motifs is 1. The standard InChI is InChI=1S/C7H12O5/c1-8-6-4-5(11-3-10-4)7(9-2)12-6/h4-7H,3H2,1-2H3. The second-order valence-electron chi connectivity index (χ2n) is 2.72. The normalized spacial score (nSPS) is 46.5. The summed E-state index contributed by atoms with van der Waals surface area (Å²) in [7, 11) is 3.14. The van der Waals surface area contributed by atoms with E-state index in [1.165, 1.54) is 0 Å². The third kappa shape index (κ3) is 1.14. The third-order valence-electron chi connectivity index (χ3n) is 2.11. The van der Waals surface area contributed by atoms with Crippen LogP contribution < -0.4 is 0 Å². The molecule has 0 aromatic heterocycles. The van der Waals surface area contributed by atoms with E-state index in [4.69, 9.17) is 23.7 Å². The summed E-state index contributed by atoms with van der Waals surface area (Å²) in [4.78, 5) is 0. The van der Waals surface area contributed by atoms with E-state index in [0.29, 0.717) is 6.79 Å². The Bertz CT molecular complexity index is 146. The van der Waals surface area contributed by atoms with Crippen LogP contribution in [0.15, 0.2) is 0 Å². The highest BCUT2D eigenvalue weighted by Crippen LogP contribution is 2.31. The van der Waals surface area contributed by atoms with Gasteiger partial charge in [-0.3, -0.25) is 0 Å². The minimum Gasteiger partial charge on any atom is -0.353 e. The van der Waals surface area contributed by atoms with Crippen LogP contribution in [0.3, 0.4) is 0 Å². The molecule has 12 heavy (non-hydrogen) atoms. The Balaban J connectivity index is 2.05. The van der Waals surface area contributed by atoms with Crippen molar-refractivity contribution in [3.05, 3.63) is 0 Å². The zero-order valence-electron chi connectivity index (χ0n) is 7.06. The number of ether oxygens (including phenoxy) is 5. The second kappa shape index (κ2) is 3.27. The van der Waals surface area contributed by atoms with Gasteiger partial charge in [0.2, 0.25) is 0 Å². The molecule has 4 unspecified atom stereocenters. The molecule has 0 spiro atoms. The molecule has 0 saturated carbocycles. The molecule has 0 radical (unpaired) electrons. The van der Waals surface area contributed by atoms with Gasteiger partial charge >= 0.3 is 0 Å². The molecule has 2 aliphatic heterocycles. The fraction of sp³-hybridized carbons (Fsp3) is 1.00. The fourth-order valence-corrected chi connectivity index (χ4v) is 1.52. The number of methoxy groups -OCH3 is 2. The predicted octanol–water partition coefficient (Wildman–Crippen LogP) is -0.297. The Morgan fingerprint density at radius 2 is 1.50 bits per heavy atom. The van der Waals surface area contributed by atoms with Gasteiger partial charge in [0, 0.05) is 14.2 Å². The van der Waals surface area contributed by atoms with E-state index < -0.39 is 0 Å². The van der Waals surface area contributed by atoms with E-state index in [9.17, 15) is 0 Å². The highest BCUT2D eigenvalue weighted by atomic mass is 16.8. The SMILES string of the molecule is COC1OC(OC)C2OCOC12. The van der Waals surface area contributed by atoms with Crippen LogP contribution in [0.25, 0.3) is 0 Å². The van der Waals surface area contributed by atoms with Crippen molar-refractivity contribution in [3.8, 4) is 0 Å². The molecule has 5 heteroatoms. The predicted molar refractivity (Wildman–Crippen MR) is 37.3 cm³/mol. The van der Waals surface area contributed by atoms with Gasteiger partial charge in [-0.05, 0) is 0 Å². The molecule has 70 valence electrons. The molecule has 0 amide bonds. The maximum Gasteiger partial charge on any atom is 0.189 e. The lowest BCUT2D eigenvalue weighted by Gasteiger charge is -2.13. The van der Waals surface area contributed by atoms with Gasteiger partial charge in [-0.25, -0.2) is 0 Å². The summed E-state index contributed by atoms with van der Waals surface area (Å²) in [5.74, 6) is 0. The summed E-state index contributed by atoms with van der Waals surface area (Å²) in [5.41, 5.74) is 0. The van der Waals surface area contributed by atoms with Crippen molar-refractivity contribution in [2.24, 2.45) is 0 Å². The zero-order valence-corrected chi connectivity index (χ0v) is 7.06. The van der Waals surface area contributed by atoms with Crippen molar-refractivity contribution in [3.63, 3.8) is 0 Å². The molecule has 0 aliphatic carbocycles. The summed E-state index contributed by atoms with van der Waals surface area (Å²) in [6.45, 7) is 0.290. The van der Waals surface area contributed by atoms with Crippen LogP contribution >= 0.6 is 0 Å². The van der Waals surface area contributed by atoms with E-state index in [1.54, 1.807) is 14.2 Å². The summed E-state index contributed by atoms with van der Waals surface area (Å²) >= 11 is 0. The molecular weight excluding hydrogens is 164 g/mol. The summed E-state index contributed by atoms with van der Waals surface area (Å²) in [6.07, 6.45) is -1.05. The topological polar surface area (TPSA) is 46.2 Å². The molecule has 0 N–H and O–H groups in total. The molecule has 0 aromatic carbocycles. The van der Waals surface area contributed by atoms with Crippen LogP contribution in [-0.2, 0) is 23.7 Å². The van der Waals surface area contributed by atoms with Gasteiger partial charge in [0.05, 0.1) is 0 Å². The van der Waals surface area contributed by atoms with Crippen LogP contribution in [0.2, 0.25) is 0 Å². The Kier molecular flexibility index (Phi) is 2.29. The largest absolute Gasteiger partial charge is 0.353 e. The first-order valence-corrected chi connectivity index (χ1v) is 3.81. The van der Waals surface area contributed by atoms with Gasteiger partial charge in [-0.2, -0.15) is 0 Å². The lowest BCUT2D eigenvalue weighted by atomic mass is 10.2. The van der Waals surface area contributed by atoms with Crippen molar-refractivity contribution in [2.45, 2.75) is 24.8 Å². The first-order valence-electron chi connectivity index (χ1n) is 3.81. The van der Waals surface area contributed by atoms with Gasteiger partial charge in [0.1, 0.15) is 19.0 Å². The lowest BCUT2D eigenvalue weighted by molar-refractivity contribution is -0.228. The molecule has 0 bridgehead atoms. The molecular formula is C7H12O5. The Hall–Kier alpha value is -0.200. The molecule has 5 nitrogen and oxygen atoms in total. The van der Waals surface area contributed by atoms with Crippen molar-refractivity contribution < 1.29 is 23.7 Å². The van der Waals surface area contributed by atoms with Gasteiger partial charge < -0.3 is 23.7 Å². The molecule has 2 saturated heterocycles. The minimum absolute atomic E-state index is 0.153. The highest BCUT2D eigenvalue weighted by molar-refractivity contribution is 4.86. The first kappa shape index (κ1) is 8.40. The van der Waals surface area contributed by atoms with E-state index in [-0.39, 0.29) is 24.8 Å². The van der Waals surface area contributed by atoms with Crippen molar-refractivity contribution in [1.29, 1.82) is 0 Å².